The van der Waals surface area contributed by atoms with Crippen LogP contribution < -0.4 is 10.6 Å². The lowest BCUT2D eigenvalue weighted by molar-refractivity contribution is 0.173. The minimum Gasteiger partial charge on any atom is -0.387 e. The van der Waals surface area contributed by atoms with Gasteiger partial charge in [-0.2, -0.15) is 11.3 Å². The highest BCUT2D eigenvalue weighted by molar-refractivity contribution is 7.07. The lowest BCUT2D eigenvalue weighted by Gasteiger charge is -2.19. The molecule has 2 rings (SSSR count). The molecule has 0 saturated carbocycles. The van der Waals surface area contributed by atoms with Gasteiger partial charge in [0.2, 0.25) is 0 Å². The van der Waals surface area contributed by atoms with Crippen LogP contribution >= 0.6 is 22.9 Å². The van der Waals surface area contributed by atoms with Crippen LogP contribution in [0, 0.1) is 0 Å². The van der Waals surface area contributed by atoms with E-state index in [1.807, 2.05) is 35.9 Å². The van der Waals surface area contributed by atoms with Crippen LogP contribution in [0.5, 0.6) is 0 Å². The van der Waals surface area contributed by atoms with Crippen molar-refractivity contribution in [2.45, 2.75) is 25.5 Å². The van der Waals surface area contributed by atoms with Crippen LogP contribution in [0.1, 0.15) is 36.6 Å². The van der Waals surface area contributed by atoms with Crippen LogP contribution in [0.25, 0.3) is 0 Å². The molecule has 0 bridgehead atoms. The highest BCUT2D eigenvalue weighted by atomic mass is 35.5. The van der Waals surface area contributed by atoms with Crippen LogP contribution in [-0.4, -0.2) is 17.7 Å². The van der Waals surface area contributed by atoms with Crippen molar-refractivity contribution in [2.24, 2.45) is 0 Å². The van der Waals surface area contributed by atoms with Crippen LogP contribution in [0.3, 0.4) is 0 Å². The summed E-state index contributed by atoms with van der Waals surface area (Å²) < 4.78 is 0. The molecule has 1 heterocycles. The van der Waals surface area contributed by atoms with E-state index < -0.39 is 6.10 Å². The Morgan fingerprint density at radius 1 is 1.27 bits per heavy atom. The van der Waals surface area contributed by atoms with Crippen molar-refractivity contribution in [3.05, 3.63) is 57.2 Å². The van der Waals surface area contributed by atoms with Gasteiger partial charge >= 0.3 is 6.03 Å². The van der Waals surface area contributed by atoms with Gasteiger partial charge in [-0.1, -0.05) is 30.7 Å². The zero-order chi connectivity index (χ0) is 15.9. The SMILES string of the molecule is CCC(NC(=O)NCC(O)c1ccsc1)c1ccc(Cl)cc1. The normalized spacial score (nSPS) is 13.4. The van der Waals surface area contributed by atoms with Gasteiger partial charge in [0.25, 0.3) is 0 Å². The van der Waals surface area contributed by atoms with Gasteiger partial charge in [-0.15, -0.1) is 0 Å². The van der Waals surface area contributed by atoms with E-state index in [0.29, 0.717) is 5.02 Å². The van der Waals surface area contributed by atoms with E-state index in [9.17, 15) is 9.90 Å². The molecular weight excluding hydrogens is 320 g/mol. The average molecular weight is 339 g/mol. The number of halogens is 1. The first kappa shape index (κ1) is 16.8. The number of nitrogens with one attached hydrogen (secondary N) is 2. The number of urea groups is 1. The van der Waals surface area contributed by atoms with Crippen molar-refractivity contribution in [3.8, 4) is 0 Å². The maximum atomic E-state index is 12.0. The quantitative estimate of drug-likeness (QED) is 0.748. The first-order chi connectivity index (χ1) is 10.6. The van der Waals surface area contributed by atoms with Gasteiger partial charge in [0.1, 0.15) is 0 Å². The first-order valence-electron chi connectivity index (χ1n) is 7.10. The molecule has 1 aromatic carbocycles. The summed E-state index contributed by atoms with van der Waals surface area (Å²) in [7, 11) is 0. The number of rotatable bonds is 6. The number of aliphatic hydroxyl groups is 1. The smallest absolute Gasteiger partial charge is 0.315 e. The van der Waals surface area contributed by atoms with E-state index in [1.54, 1.807) is 12.1 Å². The number of hydrogen-bond acceptors (Lipinski definition) is 3. The molecule has 2 aromatic rings. The minimum atomic E-state index is -0.687. The Morgan fingerprint density at radius 2 is 2.00 bits per heavy atom. The fraction of sp³-hybridized carbons (Fsp3) is 0.312. The highest BCUT2D eigenvalue weighted by Crippen LogP contribution is 2.19. The second-order valence-electron chi connectivity index (χ2n) is 4.94. The second kappa shape index (κ2) is 8.17. The van der Waals surface area contributed by atoms with Gasteiger partial charge < -0.3 is 15.7 Å². The topological polar surface area (TPSA) is 61.4 Å². The van der Waals surface area contributed by atoms with E-state index in [1.165, 1.54) is 11.3 Å². The van der Waals surface area contributed by atoms with E-state index in [0.717, 1.165) is 17.5 Å². The molecule has 4 nitrogen and oxygen atoms in total. The lowest BCUT2D eigenvalue weighted by atomic mass is 10.1. The molecule has 118 valence electrons. The number of thiophene rings is 1. The molecule has 0 saturated heterocycles. The minimum absolute atomic E-state index is 0.0874. The van der Waals surface area contributed by atoms with E-state index in [-0.39, 0.29) is 18.6 Å². The molecule has 0 aliphatic heterocycles. The molecule has 3 N–H and O–H groups in total. The fourth-order valence-corrected chi connectivity index (χ4v) is 2.93. The number of carbonyl (C=O) groups is 1. The number of aliphatic hydroxyl groups excluding tert-OH is 1. The third kappa shape index (κ3) is 4.73. The van der Waals surface area contributed by atoms with Crippen LogP contribution in [0.2, 0.25) is 5.02 Å². The zero-order valence-electron chi connectivity index (χ0n) is 12.3. The molecule has 0 aliphatic carbocycles. The van der Waals surface area contributed by atoms with Crippen molar-refractivity contribution in [2.75, 3.05) is 6.54 Å². The summed E-state index contributed by atoms with van der Waals surface area (Å²) in [6.07, 6.45) is 0.0786. The molecule has 0 radical (unpaired) electrons. The van der Waals surface area contributed by atoms with Crippen LogP contribution in [-0.2, 0) is 0 Å². The summed E-state index contributed by atoms with van der Waals surface area (Å²) >= 11 is 7.39. The highest BCUT2D eigenvalue weighted by Gasteiger charge is 2.14. The summed E-state index contributed by atoms with van der Waals surface area (Å²) in [5.74, 6) is 0. The average Bonchev–Trinajstić information content (AvgIpc) is 3.05. The molecule has 22 heavy (non-hydrogen) atoms. The Kier molecular flexibility index (Phi) is 6.24. The van der Waals surface area contributed by atoms with E-state index in [2.05, 4.69) is 10.6 Å². The number of carbonyl (C=O) groups excluding carboxylic acids is 1. The Morgan fingerprint density at radius 3 is 2.59 bits per heavy atom. The maximum Gasteiger partial charge on any atom is 0.315 e. The Bertz CT molecular complexity index is 587. The molecule has 2 amide bonds. The summed E-state index contributed by atoms with van der Waals surface area (Å²) in [6, 6.07) is 8.87. The van der Waals surface area contributed by atoms with Crippen molar-refractivity contribution >= 4 is 29.0 Å². The maximum absolute atomic E-state index is 12.0. The number of amides is 2. The summed E-state index contributed by atoms with van der Waals surface area (Å²) in [4.78, 5) is 12.0. The van der Waals surface area contributed by atoms with Crippen molar-refractivity contribution in [1.82, 2.24) is 10.6 Å². The van der Waals surface area contributed by atoms with Gasteiger partial charge in [-0.05, 0) is 46.5 Å². The molecule has 0 fully saturated rings. The molecule has 1 aromatic heterocycles. The summed E-state index contributed by atoms with van der Waals surface area (Å²) in [5, 5.41) is 20.0. The largest absolute Gasteiger partial charge is 0.387 e. The molecular formula is C16H19ClN2O2S. The number of benzene rings is 1. The lowest BCUT2D eigenvalue weighted by Crippen LogP contribution is -2.39. The van der Waals surface area contributed by atoms with Gasteiger partial charge in [0, 0.05) is 11.6 Å². The molecule has 0 aliphatic rings. The summed E-state index contributed by atoms with van der Waals surface area (Å²) in [5.41, 5.74) is 1.82. The predicted octanol–water partition coefficient (Wildman–Crippen LogP) is 3.89. The number of hydrogen-bond donors (Lipinski definition) is 3. The molecule has 0 spiro atoms. The van der Waals surface area contributed by atoms with Crippen molar-refractivity contribution in [3.63, 3.8) is 0 Å². The van der Waals surface area contributed by atoms with Gasteiger partial charge in [-0.3, -0.25) is 0 Å². The Balaban J connectivity index is 1.85. The van der Waals surface area contributed by atoms with Crippen molar-refractivity contribution in [1.29, 1.82) is 0 Å². The first-order valence-corrected chi connectivity index (χ1v) is 8.42. The van der Waals surface area contributed by atoms with Crippen LogP contribution in [0.4, 0.5) is 4.79 Å². The fourth-order valence-electron chi connectivity index (χ4n) is 2.10. The van der Waals surface area contributed by atoms with Gasteiger partial charge in [0.15, 0.2) is 0 Å². The van der Waals surface area contributed by atoms with Crippen LogP contribution in [0.15, 0.2) is 41.1 Å². The van der Waals surface area contributed by atoms with E-state index in [4.69, 9.17) is 11.6 Å². The molecule has 6 heteroatoms. The predicted molar refractivity (Wildman–Crippen MR) is 90.3 cm³/mol. The third-order valence-corrected chi connectivity index (χ3v) is 4.32. The third-order valence-electron chi connectivity index (χ3n) is 3.37. The molecule has 2 atom stereocenters. The van der Waals surface area contributed by atoms with Gasteiger partial charge in [0.05, 0.1) is 12.1 Å². The van der Waals surface area contributed by atoms with E-state index >= 15 is 0 Å². The summed E-state index contributed by atoms with van der Waals surface area (Å²) in [6.45, 7) is 2.18. The molecule has 2 unspecified atom stereocenters. The monoisotopic (exact) mass is 338 g/mol. The Labute approximate surface area is 139 Å². The standard InChI is InChI=1S/C16H19ClN2O2S/c1-2-14(11-3-5-13(17)6-4-11)19-16(21)18-9-15(20)12-7-8-22-10-12/h3-8,10,14-15,20H,2,9H2,1H3,(H2,18,19,21). The van der Waals surface area contributed by atoms with Crippen molar-refractivity contribution < 1.29 is 9.90 Å². The second-order valence-corrected chi connectivity index (χ2v) is 6.16. The zero-order valence-corrected chi connectivity index (χ0v) is 13.8. The Hall–Kier alpha value is -1.56. The van der Waals surface area contributed by atoms with Gasteiger partial charge in [-0.25, -0.2) is 4.79 Å².